The van der Waals surface area contributed by atoms with Crippen molar-refractivity contribution in [1.29, 1.82) is 0 Å². The summed E-state index contributed by atoms with van der Waals surface area (Å²) in [6.07, 6.45) is 0.506. The molecule has 1 aromatic rings. The van der Waals surface area contributed by atoms with E-state index in [1.165, 1.54) is 0 Å². The van der Waals surface area contributed by atoms with Crippen LogP contribution in [0.4, 0.5) is 13.2 Å². The molecule has 0 spiro atoms. The molecule has 8 heteroatoms. The number of benzene rings is 1. The molecule has 0 heterocycles. The van der Waals surface area contributed by atoms with Crippen molar-refractivity contribution < 1.29 is 26.7 Å². The molecule has 0 radical (unpaired) electrons. The second-order valence-electron chi connectivity index (χ2n) is 3.91. The van der Waals surface area contributed by atoms with Gasteiger partial charge in [0.1, 0.15) is 4.90 Å². The lowest BCUT2D eigenvalue weighted by molar-refractivity contribution is 0.270. The molecular weight excluding hydrogens is 283 g/mol. The Kier molecular flexibility index (Phi) is 5.33. The number of hydrogen-bond acceptors (Lipinski definition) is 3. The molecule has 0 aromatic heterocycles. The van der Waals surface area contributed by atoms with E-state index in [4.69, 9.17) is 5.11 Å². The van der Waals surface area contributed by atoms with Gasteiger partial charge in [0.15, 0.2) is 17.5 Å². The fraction of sp³-hybridized carbons (Fsp3) is 0.455. The topological polar surface area (TPSA) is 66.4 Å². The molecule has 1 unspecified atom stereocenters. The van der Waals surface area contributed by atoms with Crippen LogP contribution in [-0.4, -0.2) is 26.2 Å². The van der Waals surface area contributed by atoms with E-state index in [-0.39, 0.29) is 13.0 Å². The first kappa shape index (κ1) is 15.9. The highest BCUT2D eigenvalue weighted by Crippen LogP contribution is 2.20. The van der Waals surface area contributed by atoms with Crippen molar-refractivity contribution in [3.05, 3.63) is 29.6 Å². The van der Waals surface area contributed by atoms with Crippen molar-refractivity contribution in [2.24, 2.45) is 0 Å². The fourth-order valence-corrected chi connectivity index (χ4v) is 2.92. The second kappa shape index (κ2) is 6.36. The number of sulfonamides is 1. The van der Waals surface area contributed by atoms with Crippen molar-refractivity contribution >= 4 is 10.0 Å². The van der Waals surface area contributed by atoms with Crippen LogP contribution in [0.1, 0.15) is 19.8 Å². The summed E-state index contributed by atoms with van der Waals surface area (Å²) < 4.78 is 65.0. The summed E-state index contributed by atoms with van der Waals surface area (Å²) in [5.74, 6) is -5.05. The Hall–Kier alpha value is -1.12. The largest absolute Gasteiger partial charge is 0.396 e. The smallest absolute Gasteiger partial charge is 0.243 e. The zero-order valence-electron chi connectivity index (χ0n) is 10.2. The third-order valence-electron chi connectivity index (χ3n) is 2.58. The van der Waals surface area contributed by atoms with Gasteiger partial charge in [0.25, 0.3) is 0 Å². The van der Waals surface area contributed by atoms with Gasteiger partial charge in [0.2, 0.25) is 10.0 Å². The zero-order chi connectivity index (χ0) is 14.6. The van der Waals surface area contributed by atoms with E-state index in [0.717, 1.165) is 0 Å². The molecule has 4 nitrogen and oxygen atoms in total. The molecule has 0 aliphatic rings. The number of aliphatic hydroxyl groups is 1. The van der Waals surface area contributed by atoms with Crippen LogP contribution in [-0.2, 0) is 10.0 Å². The van der Waals surface area contributed by atoms with Crippen LogP contribution >= 0.6 is 0 Å². The van der Waals surface area contributed by atoms with Gasteiger partial charge in [0, 0.05) is 12.6 Å². The quantitative estimate of drug-likeness (QED) is 0.783. The highest BCUT2D eigenvalue weighted by Gasteiger charge is 2.25. The third kappa shape index (κ3) is 3.68. The standard InChI is InChI=1S/C11H14F3NO3S/c1-2-7(5-6-16)15-19(17,18)9-4-3-8(12)10(13)11(9)14/h3-4,7,15-16H,2,5-6H2,1H3. The molecule has 0 saturated carbocycles. The normalized spacial score (nSPS) is 13.5. The maximum absolute atomic E-state index is 13.4. The first-order valence-corrected chi connectivity index (χ1v) is 7.08. The lowest BCUT2D eigenvalue weighted by Crippen LogP contribution is -2.35. The Balaban J connectivity index is 3.10. The van der Waals surface area contributed by atoms with Crippen LogP contribution in [0.2, 0.25) is 0 Å². The number of aliphatic hydroxyl groups excluding tert-OH is 1. The predicted molar refractivity (Wildman–Crippen MR) is 62.4 cm³/mol. The third-order valence-corrected chi connectivity index (χ3v) is 4.12. The zero-order valence-corrected chi connectivity index (χ0v) is 11.0. The Labute approximate surface area is 109 Å². The van der Waals surface area contributed by atoms with E-state index in [0.29, 0.717) is 18.6 Å². The minimum Gasteiger partial charge on any atom is -0.396 e. The molecule has 1 rings (SSSR count). The Morgan fingerprint density at radius 1 is 1.26 bits per heavy atom. The number of hydrogen-bond donors (Lipinski definition) is 2. The lowest BCUT2D eigenvalue weighted by Gasteiger charge is -2.16. The van der Waals surface area contributed by atoms with Crippen molar-refractivity contribution in [2.45, 2.75) is 30.7 Å². The van der Waals surface area contributed by atoms with Crippen LogP contribution in [0.5, 0.6) is 0 Å². The highest BCUT2D eigenvalue weighted by molar-refractivity contribution is 7.89. The Morgan fingerprint density at radius 3 is 2.42 bits per heavy atom. The molecule has 1 aromatic carbocycles. The summed E-state index contributed by atoms with van der Waals surface area (Å²) in [5.41, 5.74) is 0. The molecular formula is C11H14F3NO3S. The van der Waals surface area contributed by atoms with E-state index >= 15 is 0 Å². The molecule has 0 aliphatic heterocycles. The molecule has 1 atom stereocenters. The van der Waals surface area contributed by atoms with E-state index in [1.54, 1.807) is 6.92 Å². The molecule has 0 saturated heterocycles. The van der Waals surface area contributed by atoms with Gasteiger partial charge in [-0.15, -0.1) is 0 Å². The summed E-state index contributed by atoms with van der Waals surface area (Å²) in [7, 11) is -4.31. The van der Waals surface area contributed by atoms with Crippen LogP contribution < -0.4 is 4.72 Å². The van der Waals surface area contributed by atoms with E-state index in [9.17, 15) is 21.6 Å². The second-order valence-corrected chi connectivity index (χ2v) is 5.59. The van der Waals surface area contributed by atoms with Gasteiger partial charge < -0.3 is 5.11 Å². The molecule has 0 aliphatic carbocycles. The van der Waals surface area contributed by atoms with Crippen molar-refractivity contribution in [3.63, 3.8) is 0 Å². The van der Waals surface area contributed by atoms with E-state index < -0.39 is 38.4 Å². The average Bonchev–Trinajstić information content (AvgIpc) is 2.34. The lowest BCUT2D eigenvalue weighted by atomic mass is 10.2. The minimum absolute atomic E-state index is 0.140. The highest BCUT2D eigenvalue weighted by atomic mass is 32.2. The fourth-order valence-electron chi connectivity index (χ4n) is 1.50. The summed E-state index contributed by atoms with van der Waals surface area (Å²) >= 11 is 0. The van der Waals surface area contributed by atoms with Crippen molar-refractivity contribution in [1.82, 2.24) is 4.72 Å². The summed E-state index contributed by atoms with van der Waals surface area (Å²) in [6.45, 7) is 1.42. The predicted octanol–water partition coefficient (Wildman–Crippen LogP) is 1.54. The van der Waals surface area contributed by atoms with Crippen LogP contribution in [0.15, 0.2) is 17.0 Å². The molecule has 19 heavy (non-hydrogen) atoms. The summed E-state index contributed by atoms with van der Waals surface area (Å²) in [5, 5.41) is 8.75. The van der Waals surface area contributed by atoms with Crippen LogP contribution in [0, 0.1) is 17.5 Å². The first-order valence-electron chi connectivity index (χ1n) is 5.60. The van der Waals surface area contributed by atoms with Gasteiger partial charge in [-0.3, -0.25) is 0 Å². The SMILES string of the molecule is CCC(CCO)NS(=O)(=O)c1ccc(F)c(F)c1F. The van der Waals surface area contributed by atoms with Crippen LogP contribution in [0.3, 0.4) is 0 Å². The summed E-state index contributed by atoms with van der Waals surface area (Å²) in [4.78, 5) is -0.956. The Bertz CT molecular complexity index is 548. The van der Waals surface area contributed by atoms with Gasteiger partial charge in [-0.1, -0.05) is 6.92 Å². The summed E-state index contributed by atoms with van der Waals surface area (Å²) in [6, 6.07) is 0.587. The number of nitrogens with one attached hydrogen (secondary N) is 1. The van der Waals surface area contributed by atoms with E-state index in [2.05, 4.69) is 4.72 Å². The van der Waals surface area contributed by atoms with Gasteiger partial charge in [0.05, 0.1) is 0 Å². The number of rotatable bonds is 6. The molecule has 108 valence electrons. The maximum Gasteiger partial charge on any atom is 0.243 e. The van der Waals surface area contributed by atoms with Crippen molar-refractivity contribution in [3.8, 4) is 0 Å². The Morgan fingerprint density at radius 2 is 1.89 bits per heavy atom. The monoisotopic (exact) mass is 297 g/mol. The van der Waals surface area contributed by atoms with Gasteiger partial charge in [-0.2, -0.15) is 0 Å². The molecule has 0 bridgehead atoms. The first-order chi connectivity index (χ1) is 8.83. The molecule has 2 N–H and O–H groups in total. The van der Waals surface area contributed by atoms with Gasteiger partial charge >= 0.3 is 0 Å². The maximum atomic E-state index is 13.4. The van der Waals surface area contributed by atoms with Crippen LogP contribution in [0.25, 0.3) is 0 Å². The molecule has 0 fully saturated rings. The number of halogens is 3. The average molecular weight is 297 g/mol. The minimum atomic E-state index is -4.31. The molecule has 0 amide bonds. The van der Waals surface area contributed by atoms with E-state index in [1.807, 2.05) is 0 Å². The van der Waals surface area contributed by atoms with Gasteiger partial charge in [-0.25, -0.2) is 26.3 Å². The van der Waals surface area contributed by atoms with Gasteiger partial charge in [-0.05, 0) is 25.0 Å². The van der Waals surface area contributed by atoms with Crippen molar-refractivity contribution in [2.75, 3.05) is 6.61 Å².